The zero-order valence-electron chi connectivity index (χ0n) is 14.5. The lowest BCUT2D eigenvalue weighted by atomic mass is 10.0. The molecule has 0 aromatic carbocycles. The van der Waals surface area contributed by atoms with Crippen LogP contribution in [0.2, 0.25) is 0 Å². The number of aliphatic hydroxyl groups is 2. The summed E-state index contributed by atoms with van der Waals surface area (Å²) >= 11 is 0. The molecule has 1 fully saturated rings. The van der Waals surface area contributed by atoms with Gasteiger partial charge in [-0.3, -0.25) is 4.90 Å². The van der Waals surface area contributed by atoms with E-state index in [0.717, 1.165) is 12.8 Å². The van der Waals surface area contributed by atoms with Crippen molar-refractivity contribution >= 4 is 6.09 Å². The Bertz CT molecular complexity index is 340. The molecule has 0 bridgehead atoms. The number of amides is 1. The number of hydrogen-bond donors (Lipinski definition) is 2. The topological polar surface area (TPSA) is 70.0 Å². The molecular weight excluding hydrogens is 282 g/mol. The number of rotatable bonds is 7. The third-order valence-electron chi connectivity index (χ3n) is 4.00. The van der Waals surface area contributed by atoms with Crippen LogP contribution in [-0.2, 0) is 4.74 Å². The van der Waals surface area contributed by atoms with Gasteiger partial charge in [-0.05, 0) is 33.6 Å². The van der Waals surface area contributed by atoms with E-state index in [-0.39, 0.29) is 12.6 Å². The van der Waals surface area contributed by atoms with Crippen molar-refractivity contribution < 1.29 is 19.7 Å². The molecule has 0 saturated carbocycles. The molecule has 5 heteroatoms. The van der Waals surface area contributed by atoms with Crippen LogP contribution in [0.5, 0.6) is 0 Å². The van der Waals surface area contributed by atoms with Gasteiger partial charge < -0.3 is 14.9 Å². The minimum Gasteiger partial charge on any atom is -0.444 e. The van der Waals surface area contributed by atoms with Gasteiger partial charge in [-0.2, -0.15) is 0 Å². The van der Waals surface area contributed by atoms with E-state index in [1.54, 1.807) is 0 Å². The van der Waals surface area contributed by atoms with Crippen LogP contribution < -0.4 is 0 Å². The lowest BCUT2D eigenvalue weighted by Crippen LogP contribution is -2.45. The number of aliphatic hydroxyl groups excluding tert-OH is 2. The zero-order valence-corrected chi connectivity index (χ0v) is 14.5. The Morgan fingerprint density at radius 1 is 1.27 bits per heavy atom. The molecule has 1 aliphatic rings. The van der Waals surface area contributed by atoms with Crippen LogP contribution >= 0.6 is 0 Å². The van der Waals surface area contributed by atoms with Gasteiger partial charge in [0.15, 0.2) is 0 Å². The predicted octanol–water partition coefficient (Wildman–Crippen LogP) is 3.08. The maximum absolute atomic E-state index is 12.2. The molecule has 1 rings (SSSR count). The second kappa shape index (κ2) is 8.73. The van der Waals surface area contributed by atoms with E-state index in [9.17, 15) is 15.0 Å². The highest BCUT2D eigenvalue weighted by Crippen LogP contribution is 2.25. The molecule has 0 radical (unpaired) electrons. The molecule has 2 N–H and O–H groups in total. The van der Waals surface area contributed by atoms with Gasteiger partial charge in [0.25, 0.3) is 0 Å². The van der Waals surface area contributed by atoms with Crippen molar-refractivity contribution in [3.8, 4) is 0 Å². The van der Waals surface area contributed by atoms with E-state index in [0.29, 0.717) is 12.8 Å². The van der Waals surface area contributed by atoms with Crippen LogP contribution in [0.15, 0.2) is 0 Å². The minimum absolute atomic E-state index is 0.243. The number of unbranched alkanes of at least 4 members (excludes halogenated alkanes) is 4. The maximum Gasteiger partial charge on any atom is 0.410 e. The SMILES string of the molecule is CCCCCCCC(O)[C@H]1C[C@@H](O)CN1C(=O)OC(C)(C)C. The average Bonchev–Trinajstić information content (AvgIpc) is 2.78. The summed E-state index contributed by atoms with van der Waals surface area (Å²) in [7, 11) is 0. The van der Waals surface area contributed by atoms with Gasteiger partial charge in [-0.1, -0.05) is 39.0 Å². The molecular formula is C17H33NO4. The van der Waals surface area contributed by atoms with Crippen LogP contribution in [-0.4, -0.2) is 51.6 Å². The molecule has 1 aliphatic heterocycles. The largest absolute Gasteiger partial charge is 0.444 e. The molecule has 0 aliphatic carbocycles. The minimum atomic E-state index is -0.591. The zero-order chi connectivity index (χ0) is 16.8. The molecule has 0 spiro atoms. The van der Waals surface area contributed by atoms with Gasteiger partial charge in [0.2, 0.25) is 0 Å². The number of carbonyl (C=O) groups is 1. The smallest absolute Gasteiger partial charge is 0.410 e. The second-order valence-electron chi connectivity index (χ2n) is 7.36. The van der Waals surface area contributed by atoms with E-state index in [4.69, 9.17) is 4.74 Å². The third kappa shape index (κ3) is 6.53. The van der Waals surface area contributed by atoms with Gasteiger partial charge in [0.1, 0.15) is 5.60 Å². The fourth-order valence-corrected chi connectivity index (χ4v) is 2.89. The number of ether oxygens (including phenoxy) is 1. The van der Waals surface area contributed by atoms with Crippen molar-refractivity contribution in [2.75, 3.05) is 6.54 Å². The molecule has 130 valence electrons. The fraction of sp³-hybridized carbons (Fsp3) is 0.941. The number of β-amino-alcohol motifs (C(OH)–C–C–N with tert-alkyl or cyclic N) is 1. The Balaban J connectivity index is 2.49. The Morgan fingerprint density at radius 3 is 2.50 bits per heavy atom. The molecule has 1 unspecified atom stereocenters. The Morgan fingerprint density at radius 2 is 1.91 bits per heavy atom. The second-order valence-corrected chi connectivity index (χ2v) is 7.36. The lowest BCUT2D eigenvalue weighted by molar-refractivity contribution is 0.00309. The quantitative estimate of drug-likeness (QED) is 0.708. The van der Waals surface area contributed by atoms with E-state index in [1.165, 1.54) is 24.2 Å². The molecule has 1 saturated heterocycles. The Labute approximate surface area is 134 Å². The maximum atomic E-state index is 12.2. The summed E-state index contributed by atoms with van der Waals surface area (Å²) in [5.74, 6) is 0. The van der Waals surface area contributed by atoms with E-state index >= 15 is 0 Å². The first-order chi connectivity index (χ1) is 10.2. The first-order valence-corrected chi connectivity index (χ1v) is 8.60. The van der Waals surface area contributed by atoms with Gasteiger partial charge >= 0.3 is 6.09 Å². The number of nitrogens with zero attached hydrogens (tertiary/aromatic N) is 1. The van der Waals surface area contributed by atoms with Gasteiger partial charge in [0.05, 0.1) is 24.8 Å². The van der Waals surface area contributed by atoms with Crippen molar-refractivity contribution in [3.05, 3.63) is 0 Å². The van der Waals surface area contributed by atoms with Crippen LogP contribution in [0.3, 0.4) is 0 Å². The summed E-state index contributed by atoms with van der Waals surface area (Å²) in [5, 5.41) is 20.2. The highest BCUT2D eigenvalue weighted by Gasteiger charge is 2.40. The predicted molar refractivity (Wildman–Crippen MR) is 86.7 cm³/mol. The lowest BCUT2D eigenvalue weighted by Gasteiger charge is -2.30. The fourth-order valence-electron chi connectivity index (χ4n) is 2.89. The highest BCUT2D eigenvalue weighted by molar-refractivity contribution is 5.69. The van der Waals surface area contributed by atoms with Crippen molar-refractivity contribution in [2.45, 2.75) is 96.5 Å². The van der Waals surface area contributed by atoms with Crippen LogP contribution in [0.25, 0.3) is 0 Å². The normalized spacial score (nSPS) is 23.6. The number of carbonyl (C=O) groups excluding carboxylic acids is 1. The van der Waals surface area contributed by atoms with Crippen LogP contribution in [0.4, 0.5) is 4.79 Å². The van der Waals surface area contributed by atoms with Crippen LogP contribution in [0, 0.1) is 0 Å². The van der Waals surface area contributed by atoms with Gasteiger partial charge in [-0.15, -0.1) is 0 Å². The number of likely N-dealkylation sites (tertiary alicyclic amines) is 1. The Kier molecular flexibility index (Phi) is 7.63. The van der Waals surface area contributed by atoms with E-state index < -0.39 is 23.9 Å². The van der Waals surface area contributed by atoms with Gasteiger partial charge in [0, 0.05) is 0 Å². The summed E-state index contributed by atoms with van der Waals surface area (Å²) in [6.07, 6.45) is 5.15. The van der Waals surface area contributed by atoms with Crippen molar-refractivity contribution in [3.63, 3.8) is 0 Å². The number of hydrogen-bond acceptors (Lipinski definition) is 4. The molecule has 22 heavy (non-hydrogen) atoms. The van der Waals surface area contributed by atoms with Crippen molar-refractivity contribution in [1.82, 2.24) is 4.90 Å². The summed E-state index contributed by atoms with van der Waals surface area (Å²) in [4.78, 5) is 13.7. The van der Waals surface area contributed by atoms with Gasteiger partial charge in [-0.25, -0.2) is 4.79 Å². The monoisotopic (exact) mass is 315 g/mol. The molecule has 0 aromatic heterocycles. The summed E-state index contributed by atoms with van der Waals surface area (Å²) in [6, 6.07) is -0.337. The molecule has 0 aromatic rings. The first-order valence-electron chi connectivity index (χ1n) is 8.60. The molecule has 3 atom stereocenters. The molecule has 1 heterocycles. The first kappa shape index (κ1) is 19.2. The average molecular weight is 315 g/mol. The summed E-state index contributed by atoms with van der Waals surface area (Å²) in [5.41, 5.74) is -0.569. The highest BCUT2D eigenvalue weighted by atomic mass is 16.6. The molecule has 1 amide bonds. The van der Waals surface area contributed by atoms with Crippen molar-refractivity contribution in [1.29, 1.82) is 0 Å². The summed E-state index contributed by atoms with van der Waals surface area (Å²) < 4.78 is 5.37. The molecule has 5 nitrogen and oxygen atoms in total. The Hall–Kier alpha value is -0.810. The van der Waals surface area contributed by atoms with E-state index in [1.807, 2.05) is 20.8 Å². The standard InChI is InChI=1S/C17H33NO4/c1-5-6-7-8-9-10-15(20)14-11-13(19)12-18(14)16(21)22-17(2,3)4/h13-15,19-20H,5-12H2,1-4H3/t13-,14-,15?/m1/s1. The summed E-state index contributed by atoms with van der Waals surface area (Å²) in [6.45, 7) is 7.86. The van der Waals surface area contributed by atoms with E-state index in [2.05, 4.69) is 6.92 Å². The van der Waals surface area contributed by atoms with Crippen molar-refractivity contribution in [2.24, 2.45) is 0 Å². The third-order valence-corrected chi connectivity index (χ3v) is 4.00. The van der Waals surface area contributed by atoms with Crippen LogP contribution in [0.1, 0.15) is 72.6 Å².